The average molecular weight is 217 g/mol. The summed E-state index contributed by atoms with van der Waals surface area (Å²) in [7, 11) is 0. The second-order valence-electron chi connectivity index (χ2n) is 4.09. The van der Waals surface area contributed by atoms with Gasteiger partial charge < -0.3 is 25.4 Å². The molecule has 2 aliphatic rings. The summed E-state index contributed by atoms with van der Waals surface area (Å²) >= 11 is 0. The molecular formula is C9H15NO5. The van der Waals surface area contributed by atoms with Gasteiger partial charge in [0.25, 0.3) is 0 Å². The number of hydrogen-bond donors (Lipinski definition) is 3. The molecule has 2 fully saturated rings. The molecule has 1 amide bonds. The predicted molar refractivity (Wildman–Crippen MR) is 48.8 cm³/mol. The van der Waals surface area contributed by atoms with Crippen LogP contribution in [-0.2, 0) is 14.3 Å². The molecule has 6 heteroatoms. The normalized spacial score (nSPS) is 50.1. The number of aliphatic hydroxyl groups is 2. The first kappa shape index (κ1) is 10.8. The van der Waals surface area contributed by atoms with Gasteiger partial charge in [-0.2, -0.15) is 0 Å². The molecule has 2 aliphatic heterocycles. The van der Waals surface area contributed by atoms with Crippen molar-refractivity contribution in [2.24, 2.45) is 5.73 Å². The fraction of sp³-hybridized carbons (Fsp3) is 0.889. The number of rotatable bonds is 1. The Bertz CT molecular complexity index is 271. The number of aliphatic hydroxyl groups excluding tert-OH is 2. The number of primary amides is 1. The van der Waals surface area contributed by atoms with Crippen LogP contribution in [0.2, 0.25) is 0 Å². The van der Waals surface area contributed by atoms with Crippen LogP contribution in [0.5, 0.6) is 0 Å². The van der Waals surface area contributed by atoms with Crippen molar-refractivity contribution in [2.75, 3.05) is 0 Å². The van der Waals surface area contributed by atoms with Gasteiger partial charge in [0, 0.05) is 6.42 Å². The van der Waals surface area contributed by atoms with E-state index in [9.17, 15) is 15.0 Å². The molecule has 2 saturated heterocycles. The summed E-state index contributed by atoms with van der Waals surface area (Å²) in [6.45, 7) is 1.69. The zero-order valence-electron chi connectivity index (χ0n) is 8.37. The Labute approximate surface area is 87.0 Å². The number of carbonyl (C=O) groups excluding carboxylic acids is 1. The van der Waals surface area contributed by atoms with Gasteiger partial charge in [0.1, 0.15) is 24.4 Å². The van der Waals surface area contributed by atoms with Gasteiger partial charge in [0.05, 0.1) is 12.2 Å². The molecule has 86 valence electrons. The summed E-state index contributed by atoms with van der Waals surface area (Å²) < 4.78 is 10.7. The van der Waals surface area contributed by atoms with Crippen LogP contribution in [0.1, 0.15) is 13.3 Å². The fourth-order valence-electron chi connectivity index (χ4n) is 2.12. The maximum Gasteiger partial charge on any atom is 0.246 e. The number of hydrogen-bond acceptors (Lipinski definition) is 5. The van der Waals surface area contributed by atoms with E-state index < -0.39 is 42.5 Å². The number of nitrogens with two attached hydrogens (primary N) is 1. The Hall–Kier alpha value is -0.690. The highest BCUT2D eigenvalue weighted by Crippen LogP contribution is 2.32. The largest absolute Gasteiger partial charge is 0.390 e. The average Bonchev–Trinajstić information content (AvgIpc) is 2.45. The van der Waals surface area contributed by atoms with Crippen molar-refractivity contribution < 1.29 is 24.5 Å². The second-order valence-corrected chi connectivity index (χ2v) is 4.09. The lowest BCUT2D eigenvalue weighted by molar-refractivity contribution is -0.172. The highest BCUT2D eigenvalue weighted by molar-refractivity contribution is 5.79. The van der Waals surface area contributed by atoms with Crippen LogP contribution in [0.25, 0.3) is 0 Å². The van der Waals surface area contributed by atoms with Gasteiger partial charge >= 0.3 is 0 Å². The number of ether oxygens (including phenoxy) is 2. The summed E-state index contributed by atoms with van der Waals surface area (Å²) in [5.74, 6) is -0.626. The third-order valence-electron chi connectivity index (χ3n) is 2.99. The summed E-state index contributed by atoms with van der Waals surface area (Å²) in [6.07, 6.45) is -4.00. The smallest absolute Gasteiger partial charge is 0.246 e. The third kappa shape index (κ3) is 1.74. The molecule has 6 atom stereocenters. The standard InChI is InChI=1S/C9H15NO5/c1-3-6(12)8-7(14-3)4(11)2-5(15-8)9(10)13/h3-8,11-12H,2H2,1H3,(H2,10,13)/t3-,4+,5-,6?,7+,8+/m0/s1. The lowest BCUT2D eigenvalue weighted by Gasteiger charge is -2.34. The van der Waals surface area contributed by atoms with Crippen molar-refractivity contribution in [3.05, 3.63) is 0 Å². The Morgan fingerprint density at radius 1 is 1.33 bits per heavy atom. The predicted octanol–water partition coefficient (Wildman–Crippen LogP) is -1.86. The van der Waals surface area contributed by atoms with E-state index in [-0.39, 0.29) is 6.42 Å². The SMILES string of the molecule is C[C@@H]1O[C@@H]2[C@H](O)C[C@@H](C(N)=O)O[C@@H]2C1O. The molecular weight excluding hydrogens is 202 g/mol. The molecule has 4 N–H and O–H groups in total. The molecule has 0 saturated carbocycles. The van der Waals surface area contributed by atoms with E-state index in [1.54, 1.807) is 6.92 Å². The molecule has 0 aromatic heterocycles. The fourth-order valence-corrected chi connectivity index (χ4v) is 2.12. The highest BCUT2D eigenvalue weighted by Gasteiger charge is 2.51. The van der Waals surface area contributed by atoms with Gasteiger partial charge in [-0.05, 0) is 6.92 Å². The first-order valence-electron chi connectivity index (χ1n) is 4.97. The minimum atomic E-state index is -0.843. The van der Waals surface area contributed by atoms with Crippen LogP contribution in [0.4, 0.5) is 0 Å². The third-order valence-corrected chi connectivity index (χ3v) is 2.99. The van der Waals surface area contributed by atoms with Gasteiger partial charge in [-0.3, -0.25) is 4.79 Å². The molecule has 15 heavy (non-hydrogen) atoms. The Kier molecular flexibility index (Phi) is 2.68. The Balaban J connectivity index is 2.13. The van der Waals surface area contributed by atoms with E-state index in [4.69, 9.17) is 15.2 Å². The van der Waals surface area contributed by atoms with E-state index in [1.807, 2.05) is 0 Å². The van der Waals surface area contributed by atoms with Crippen molar-refractivity contribution in [1.82, 2.24) is 0 Å². The van der Waals surface area contributed by atoms with Crippen LogP contribution in [0.15, 0.2) is 0 Å². The van der Waals surface area contributed by atoms with E-state index in [2.05, 4.69) is 0 Å². The molecule has 0 aromatic carbocycles. The monoisotopic (exact) mass is 217 g/mol. The number of amides is 1. The molecule has 2 heterocycles. The highest BCUT2D eigenvalue weighted by atomic mass is 16.6. The summed E-state index contributed by atoms with van der Waals surface area (Å²) in [5, 5.41) is 19.4. The van der Waals surface area contributed by atoms with Crippen molar-refractivity contribution >= 4 is 5.91 Å². The summed E-state index contributed by atoms with van der Waals surface area (Å²) in [4.78, 5) is 10.9. The quantitative estimate of drug-likeness (QED) is 0.478. The molecule has 0 aliphatic carbocycles. The second kappa shape index (κ2) is 3.71. The van der Waals surface area contributed by atoms with Crippen LogP contribution >= 0.6 is 0 Å². The molecule has 0 radical (unpaired) electrons. The van der Waals surface area contributed by atoms with E-state index in [0.29, 0.717) is 0 Å². The first-order chi connectivity index (χ1) is 7.00. The molecule has 6 nitrogen and oxygen atoms in total. The van der Waals surface area contributed by atoms with Gasteiger partial charge in [-0.25, -0.2) is 0 Å². The van der Waals surface area contributed by atoms with Crippen LogP contribution < -0.4 is 5.73 Å². The first-order valence-corrected chi connectivity index (χ1v) is 4.97. The lowest BCUT2D eigenvalue weighted by atomic mass is 9.95. The van der Waals surface area contributed by atoms with Gasteiger partial charge in [-0.15, -0.1) is 0 Å². The topological polar surface area (TPSA) is 102 Å². The van der Waals surface area contributed by atoms with Gasteiger partial charge in [0.2, 0.25) is 5.91 Å². The molecule has 0 spiro atoms. The lowest BCUT2D eigenvalue weighted by Crippen LogP contribution is -2.52. The minimum absolute atomic E-state index is 0.121. The van der Waals surface area contributed by atoms with Crippen LogP contribution in [0, 0.1) is 0 Å². The Morgan fingerprint density at radius 2 is 2.00 bits per heavy atom. The summed E-state index contributed by atoms with van der Waals surface area (Å²) in [6, 6.07) is 0. The maximum atomic E-state index is 10.9. The van der Waals surface area contributed by atoms with E-state index in [0.717, 1.165) is 0 Å². The zero-order valence-corrected chi connectivity index (χ0v) is 8.37. The maximum absolute atomic E-state index is 10.9. The number of fused-ring (bicyclic) bond motifs is 1. The Morgan fingerprint density at radius 3 is 2.60 bits per heavy atom. The van der Waals surface area contributed by atoms with E-state index >= 15 is 0 Å². The van der Waals surface area contributed by atoms with Crippen molar-refractivity contribution in [3.8, 4) is 0 Å². The molecule has 0 aromatic rings. The van der Waals surface area contributed by atoms with E-state index in [1.165, 1.54) is 0 Å². The van der Waals surface area contributed by atoms with Crippen LogP contribution in [-0.4, -0.2) is 52.7 Å². The minimum Gasteiger partial charge on any atom is -0.390 e. The van der Waals surface area contributed by atoms with Crippen molar-refractivity contribution in [3.63, 3.8) is 0 Å². The van der Waals surface area contributed by atoms with Gasteiger partial charge in [-0.1, -0.05) is 0 Å². The number of carbonyl (C=O) groups is 1. The molecule has 1 unspecified atom stereocenters. The summed E-state index contributed by atoms with van der Waals surface area (Å²) in [5.41, 5.74) is 5.09. The van der Waals surface area contributed by atoms with Crippen molar-refractivity contribution in [2.45, 2.75) is 50.0 Å². The van der Waals surface area contributed by atoms with Crippen LogP contribution in [0.3, 0.4) is 0 Å². The zero-order chi connectivity index (χ0) is 11.2. The van der Waals surface area contributed by atoms with Crippen molar-refractivity contribution in [1.29, 1.82) is 0 Å². The molecule has 2 rings (SSSR count). The molecule has 0 bridgehead atoms. The van der Waals surface area contributed by atoms with Gasteiger partial charge in [0.15, 0.2) is 0 Å².